The van der Waals surface area contributed by atoms with E-state index in [1.54, 1.807) is 12.1 Å². The average molecular weight is 524 g/mol. The molecule has 6 nitrogen and oxygen atoms in total. The number of nitrogens with zero attached hydrogens (tertiary/aromatic N) is 1. The smallest absolute Gasteiger partial charge is 0.294 e. The van der Waals surface area contributed by atoms with Crippen molar-refractivity contribution in [1.29, 1.82) is 0 Å². The molecule has 0 aromatic heterocycles. The topological polar surface area (TPSA) is 83.9 Å². The van der Waals surface area contributed by atoms with Crippen LogP contribution in [0.4, 0.5) is 11.4 Å². The van der Waals surface area contributed by atoms with Crippen LogP contribution in [0.3, 0.4) is 0 Å². The van der Waals surface area contributed by atoms with Crippen LogP contribution in [0.1, 0.15) is 58.9 Å². The second-order valence-electron chi connectivity index (χ2n) is 10.6. The summed E-state index contributed by atoms with van der Waals surface area (Å²) in [5.41, 5.74) is 2.56. The van der Waals surface area contributed by atoms with E-state index in [4.69, 9.17) is 4.74 Å². The lowest BCUT2D eigenvalue weighted by Gasteiger charge is -2.30. The molecule has 0 saturated heterocycles. The van der Waals surface area contributed by atoms with Crippen molar-refractivity contribution in [3.8, 4) is 5.75 Å². The lowest BCUT2D eigenvalue weighted by molar-refractivity contribution is -0.119. The molecule has 3 aromatic carbocycles. The van der Waals surface area contributed by atoms with E-state index in [2.05, 4.69) is 46.8 Å². The van der Waals surface area contributed by atoms with Gasteiger partial charge in [-0.15, -0.1) is 0 Å². The van der Waals surface area contributed by atoms with Crippen molar-refractivity contribution in [3.05, 3.63) is 84.4 Å². The minimum atomic E-state index is -4.33. The number of carbonyl (C=O) groups is 1. The first-order chi connectivity index (χ1) is 17.4. The fourth-order valence-corrected chi connectivity index (χ4v) is 4.87. The number of rotatable bonds is 10. The Morgan fingerprint density at radius 2 is 1.49 bits per heavy atom. The van der Waals surface area contributed by atoms with E-state index in [1.165, 1.54) is 34.7 Å². The first-order valence-corrected chi connectivity index (χ1v) is 14.0. The standard InChI is InChI=1S/C30H37NO5S/c1-6-22(2)28(20-30(3,4)5)23-12-16-26(17-13-23)36-21-29(32)31(24-10-8-7-9-11-24)25-14-18-27(19-15-25)37(33,34)35/h7-19,22,28H,6,20-21H2,1-5H3,(H,33,34,35). The number of ether oxygens (including phenoxy) is 1. The molecule has 0 bridgehead atoms. The monoisotopic (exact) mass is 523 g/mol. The van der Waals surface area contributed by atoms with Crippen LogP contribution in [0, 0.1) is 11.3 Å². The minimum Gasteiger partial charge on any atom is -0.484 e. The summed E-state index contributed by atoms with van der Waals surface area (Å²) >= 11 is 0. The van der Waals surface area contributed by atoms with Crippen LogP contribution in [-0.2, 0) is 14.9 Å². The zero-order valence-corrected chi connectivity index (χ0v) is 23.0. The van der Waals surface area contributed by atoms with Crippen LogP contribution in [0.5, 0.6) is 5.75 Å². The molecule has 2 atom stereocenters. The predicted octanol–water partition coefficient (Wildman–Crippen LogP) is 7.24. The molecule has 0 heterocycles. The molecule has 37 heavy (non-hydrogen) atoms. The normalized spacial score (nSPS) is 13.6. The Morgan fingerprint density at radius 3 is 2.00 bits per heavy atom. The highest BCUT2D eigenvalue weighted by atomic mass is 32.2. The highest BCUT2D eigenvalue weighted by Crippen LogP contribution is 2.38. The number of hydrogen-bond acceptors (Lipinski definition) is 4. The maximum Gasteiger partial charge on any atom is 0.294 e. The fraction of sp³-hybridized carbons (Fsp3) is 0.367. The van der Waals surface area contributed by atoms with Gasteiger partial charge in [0.05, 0.1) is 4.90 Å². The van der Waals surface area contributed by atoms with E-state index < -0.39 is 10.1 Å². The zero-order valence-electron chi connectivity index (χ0n) is 22.2. The van der Waals surface area contributed by atoms with E-state index in [0.717, 1.165) is 12.8 Å². The number of anilines is 2. The van der Waals surface area contributed by atoms with Crippen molar-refractivity contribution < 1.29 is 22.5 Å². The lowest BCUT2D eigenvalue weighted by Crippen LogP contribution is -2.31. The Hall–Kier alpha value is -3.16. The van der Waals surface area contributed by atoms with Crippen LogP contribution in [0.15, 0.2) is 83.8 Å². The quantitative estimate of drug-likeness (QED) is 0.283. The van der Waals surface area contributed by atoms with Gasteiger partial charge in [-0.3, -0.25) is 14.2 Å². The van der Waals surface area contributed by atoms with Gasteiger partial charge in [0.25, 0.3) is 16.0 Å². The average Bonchev–Trinajstić information content (AvgIpc) is 2.86. The Balaban J connectivity index is 1.78. The summed E-state index contributed by atoms with van der Waals surface area (Å²) in [6.07, 6.45) is 2.19. The van der Waals surface area contributed by atoms with E-state index in [1.807, 2.05) is 30.3 Å². The Bertz CT molecular complexity index is 1260. The van der Waals surface area contributed by atoms with Gasteiger partial charge >= 0.3 is 0 Å². The third-order valence-electron chi connectivity index (χ3n) is 6.49. The molecular formula is C30H37NO5S. The van der Waals surface area contributed by atoms with Crippen molar-refractivity contribution in [3.63, 3.8) is 0 Å². The van der Waals surface area contributed by atoms with Gasteiger partial charge in [-0.05, 0) is 77.8 Å². The number of hydrogen-bond donors (Lipinski definition) is 1. The molecule has 3 rings (SSSR count). The van der Waals surface area contributed by atoms with Crippen molar-refractivity contribution >= 4 is 27.4 Å². The summed E-state index contributed by atoms with van der Waals surface area (Å²) in [5, 5.41) is 0. The molecular weight excluding hydrogens is 486 g/mol. The third-order valence-corrected chi connectivity index (χ3v) is 7.36. The van der Waals surface area contributed by atoms with Crippen LogP contribution in [-0.4, -0.2) is 25.5 Å². The zero-order chi connectivity index (χ0) is 27.2. The van der Waals surface area contributed by atoms with Crippen LogP contribution >= 0.6 is 0 Å². The van der Waals surface area contributed by atoms with Gasteiger partial charge in [0.2, 0.25) is 0 Å². The molecule has 3 aromatic rings. The largest absolute Gasteiger partial charge is 0.484 e. The molecule has 1 N–H and O–H groups in total. The summed E-state index contributed by atoms with van der Waals surface area (Å²) in [4.78, 5) is 14.5. The van der Waals surface area contributed by atoms with Crippen molar-refractivity contribution in [2.24, 2.45) is 11.3 Å². The number of para-hydroxylation sites is 1. The van der Waals surface area contributed by atoms with Gasteiger partial charge in [-0.2, -0.15) is 8.42 Å². The third kappa shape index (κ3) is 7.91. The molecule has 2 unspecified atom stereocenters. The Kier molecular flexibility index (Phi) is 9.16. The fourth-order valence-electron chi connectivity index (χ4n) is 4.39. The molecule has 0 fully saturated rings. The van der Waals surface area contributed by atoms with Gasteiger partial charge in [-0.1, -0.05) is 71.4 Å². The number of amides is 1. The molecule has 1 amide bonds. The molecule has 198 valence electrons. The van der Waals surface area contributed by atoms with Crippen LogP contribution < -0.4 is 9.64 Å². The first kappa shape index (κ1) is 28.4. The van der Waals surface area contributed by atoms with Gasteiger partial charge < -0.3 is 4.74 Å². The number of carbonyl (C=O) groups excluding carboxylic acids is 1. The maximum absolute atomic E-state index is 13.3. The second kappa shape index (κ2) is 11.9. The molecule has 0 aliphatic carbocycles. The van der Waals surface area contributed by atoms with Gasteiger partial charge in [0.15, 0.2) is 6.61 Å². The van der Waals surface area contributed by atoms with Crippen molar-refractivity contribution in [1.82, 2.24) is 0 Å². The van der Waals surface area contributed by atoms with E-state index in [-0.39, 0.29) is 22.8 Å². The molecule has 0 saturated carbocycles. The van der Waals surface area contributed by atoms with E-state index in [9.17, 15) is 17.8 Å². The number of benzene rings is 3. The Labute approximate surface area is 221 Å². The summed E-state index contributed by atoms with van der Waals surface area (Å²) < 4.78 is 38.0. The lowest BCUT2D eigenvalue weighted by atomic mass is 9.75. The van der Waals surface area contributed by atoms with Crippen molar-refractivity contribution in [2.45, 2.75) is 58.3 Å². The predicted molar refractivity (Wildman–Crippen MR) is 148 cm³/mol. The van der Waals surface area contributed by atoms with Gasteiger partial charge in [0.1, 0.15) is 5.75 Å². The van der Waals surface area contributed by atoms with Crippen LogP contribution in [0.2, 0.25) is 0 Å². The first-order valence-electron chi connectivity index (χ1n) is 12.6. The summed E-state index contributed by atoms with van der Waals surface area (Å²) in [5.74, 6) is 1.28. The van der Waals surface area contributed by atoms with Gasteiger partial charge in [-0.25, -0.2) is 0 Å². The molecule has 0 spiro atoms. The second-order valence-corrected chi connectivity index (χ2v) is 12.1. The van der Waals surface area contributed by atoms with Crippen molar-refractivity contribution in [2.75, 3.05) is 11.5 Å². The van der Waals surface area contributed by atoms with E-state index in [0.29, 0.717) is 29.0 Å². The maximum atomic E-state index is 13.3. The molecule has 0 aliphatic rings. The summed E-state index contributed by atoms with van der Waals surface area (Å²) in [6.45, 7) is 11.1. The highest BCUT2D eigenvalue weighted by molar-refractivity contribution is 7.85. The summed E-state index contributed by atoms with van der Waals surface area (Å²) in [6, 6.07) is 22.5. The molecule has 7 heteroatoms. The van der Waals surface area contributed by atoms with Crippen LogP contribution in [0.25, 0.3) is 0 Å². The molecule has 0 radical (unpaired) electrons. The highest BCUT2D eigenvalue weighted by Gasteiger charge is 2.25. The van der Waals surface area contributed by atoms with E-state index >= 15 is 0 Å². The SMILES string of the molecule is CCC(C)C(CC(C)(C)C)c1ccc(OCC(=O)N(c2ccccc2)c2ccc(S(=O)(=O)O)cc2)cc1. The molecule has 0 aliphatic heterocycles. The minimum absolute atomic E-state index is 0.203. The van der Waals surface area contributed by atoms with Gasteiger partial charge in [0, 0.05) is 11.4 Å². The summed E-state index contributed by atoms with van der Waals surface area (Å²) in [7, 11) is -4.33. The Morgan fingerprint density at radius 1 is 0.919 bits per heavy atom.